The van der Waals surface area contributed by atoms with Crippen molar-refractivity contribution in [3.8, 4) is 0 Å². The Morgan fingerprint density at radius 3 is 2.56 bits per heavy atom. The van der Waals surface area contributed by atoms with Crippen LogP contribution in [-0.4, -0.2) is 42.5 Å². The Bertz CT molecular complexity index is 392. The number of hydrogen-bond donors (Lipinski definition) is 0. The maximum absolute atomic E-state index is 11.7. The molecule has 1 rings (SSSR count). The van der Waals surface area contributed by atoms with Crippen molar-refractivity contribution < 1.29 is 14.3 Å². The number of aromatic nitrogens is 1. The maximum atomic E-state index is 11.7. The van der Waals surface area contributed by atoms with Crippen molar-refractivity contribution in [3.05, 3.63) is 30.1 Å². The van der Waals surface area contributed by atoms with E-state index in [2.05, 4.69) is 9.72 Å². The van der Waals surface area contributed by atoms with E-state index in [-0.39, 0.29) is 24.7 Å². The highest BCUT2D eigenvalue weighted by molar-refractivity contribution is 5.81. The fourth-order valence-electron chi connectivity index (χ4n) is 1.47. The van der Waals surface area contributed by atoms with E-state index in [0.717, 1.165) is 12.0 Å². The molecule has 0 saturated carbocycles. The lowest BCUT2D eigenvalue weighted by atomic mass is 10.2. The SMILES string of the molecule is COC(=O)CCC(=O)N(C)CCc1ccncc1. The Hall–Kier alpha value is -1.91. The Labute approximate surface area is 107 Å². The molecule has 0 bridgehead atoms. The van der Waals surface area contributed by atoms with Gasteiger partial charge >= 0.3 is 5.97 Å². The van der Waals surface area contributed by atoms with Crippen molar-refractivity contribution in [2.75, 3.05) is 20.7 Å². The molecule has 0 N–H and O–H groups in total. The van der Waals surface area contributed by atoms with E-state index in [9.17, 15) is 9.59 Å². The molecule has 0 spiro atoms. The molecular formula is C13H18N2O3. The van der Waals surface area contributed by atoms with Gasteiger partial charge in [0, 0.05) is 32.4 Å². The molecule has 0 fully saturated rings. The van der Waals surface area contributed by atoms with E-state index in [1.807, 2.05) is 12.1 Å². The van der Waals surface area contributed by atoms with Crippen LogP contribution in [0.5, 0.6) is 0 Å². The number of carbonyl (C=O) groups is 2. The van der Waals surface area contributed by atoms with Crippen LogP contribution in [0, 0.1) is 0 Å². The van der Waals surface area contributed by atoms with Crippen LogP contribution in [0.2, 0.25) is 0 Å². The van der Waals surface area contributed by atoms with Crippen molar-refractivity contribution in [2.45, 2.75) is 19.3 Å². The van der Waals surface area contributed by atoms with Gasteiger partial charge in [0.1, 0.15) is 0 Å². The van der Waals surface area contributed by atoms with Gasteiger partial charge in [0.25, 0.3) is 0 Å². The van der Waals surface area contributed by atoms with E-state index in [0.29, 0.717) is 6.54 Å². The second kappa shape index (κ2) is 7.42. The van der Waals surface area contributed by atoms with Crippen molar-refractivity contribution >= 4 is 11.9 Å². The molecule has 0 radical (unpaired) electrons. The first-order valence-electron chi connectivity index (χ1n) is 5.83. The fourth-order valence-corrected chi connectivity index (χ4v) is 1.47. The Kier molecular flexibility index (Phi) is 5.84. The molecule has 1 heterocycles. The second-order valence-electron chi connectivity index (χ2n) is 4.00. The summed E-state index contributed by atoms with van der Waals surface area (Å²) in [6.45, 7) is 0.629. The molecule has 5 heteroatoms. The molecule has 0 atom stereocenters. The van der Waals surface area contributed by atoms with Crippen LogP contribution >= 0.6 is 0 Å². The predicted octanol–water partition coefficient (Wildman–Crippen LogP) is 1.04. The lowest BCUT2D eigenvalue weighted by Crippen LogP contribution is -2.29. The summed E-state index contributed by atoms with van der Waals surface area (Å²) >= 11 is 0. The van der Waals surface area contributed by atoms with Gasteiger partial charge < -0.3 is 9.64 Å². The third-order valence-corrected chi connectivity index (χ3v) is 2.68. The summed E-state index contributed by atoms with van der Waals surface area (Å²) in [5.74, 6) is -0.402. The van der Waals surface area contributed by atoms with Crippen LogP contribution in [0.3, 0.4) is 0 Å². The minimum Gasteiger partial charge on any atom is -0.469 e. The van der Waals surface area contributed by atoms with Crippen molar-refractivity contribution in [3.63, 3.8) is 0 Å². The molecule has 0 aliphatic rings. The van der Waals surface area contributed by atoms with E-state index in [1.165, 1.54) is 7.11 Å². The van der Waals surface area contributed by atoms with Gasteiger partial charge in [-0.15, -0.1) is 0 Å². The summed E-state index contributed by atoms with van der Waals surface area (Å²) in [5.41, 5.74) is 1.14. The molecule has 0 saturated heterocycles. The minimum absolute atomic E-state index is 0.0468. The number of nitrogens with zero attached hydrogens (tertiary/aromatic N) is 2. The number of methoxy groups -OCH3 is 1. The lowest BCUT2D eigenvalue weighted by Gasteiger charge is -2.16. The van der Waals surface area contributed by atoms with Crippen molar-refractivity contribution in [1.82, 2.24) is 9.88 Å². The molecule has 0 aliphatic heterocycles. The zero-order chi connectivity index (χ0) is 13.4. The predicted molar refractivity (Wildman–Crippen MR) is 66.8 cm³/mol. The number of esters is 1. The summed E-state index contributed by atoms with van der Waals surface area (Å²) in [7, 11) is 3.06. The largest absolute Gasteiger partial charge is 0.469 e. The van der Waals surface area contributed by atoms with Gasteiger partial charge in [0.05, 0.1) is 13.5 Å². The molecule has 18 heavy (non-hydrogen) atoms. The van der Waals surface area contributed by atoms with Gasteiger partial charge in [-0.1, -0.05) is 0 Å². The molecule has 1 aromatic rings. The average Bonchev–Trinajstić information content (AvgIpc) is 2.42. The first-order chi connectivity index (χ1) is 8.63. The maximum Gasteiger partial charge on any atom is 0.306 e. The van der Waals surface area contributed by atoms with E-state index < -0.39 is 0 Å². The van der Waals surface area contributed by atoms with E-state index in [1.54, 1.807) is 24.3 Å². The Morgan fingerprint density at radius 2 is 1.94 bits per heavy atom. The lowest BCUT2D eigenvalue weighted by molar-refractivity contribution is -0.143. The highest BCUT2D eigenvalue weighted by Crippen LogP contribution is 2.02. The molecule has 1 aromatic heterocycles. The van der Waals surface area contributed by atoms with Gasteiger partial charge in [0.2, 0.25) is 5.91 Å². The zero-order valence-electron chi connectivity index (χ0n) is 10.8. The highest BCUT2D eigenvalue weighted by atomic mass is 16.5. The van der Waals surface area contributed by atoms with Crippen LogP contribution in [-0.2, 0) is 20.7 Å². The van der Waals surface area contributed by atoms with Crippen LogP contribution in [0.25, 0.3) is 0 Å². The monoisotopic (exact) mass is 250 g/mol. The summed E-state index contributed by atoms with van der Waals surface area (Å²) in [6, 6.07) is 3.85. The Morgan fingerprint density at radius 1 is 1.28 bits per heavy atom. The minimum atomic E-state index is -0.356. The normalized spacial score (nSPS) is 9.89. The molecule has 1 amide bonds. The molecule has 5 nitrogen and oxygen atoms in total. The number of rotatable bonds is 6. The Balaban J connectivity index is 2.30. The van der Waals surface area contributed by atoms with Crippen LogP contribution in [0.15, 0.2) is 24.5 Å². The first kappa shape index (κ1) is 14.2. The zero-order valence-corrected chi connectivity index (χ0v) is 10.8. The number of carbonyl (C=O) groups excluding carboxylic acids is 2. The average molecular weight is 250 g/mol. The van der Waals surface area contributed by atoms with E-state index >= 15 is 0 Å². The van der Waals surface area contributed by atoms with Crippen LogP contribution in [0.1, 0.15) is 18.4 Å². The number of amides is 1. The molecular weight excluding hydrogens is 232 g/mol. The molecule has 0 aliphatic carbocycles. The molecule has 0 aromatic carbocycles. The summed E-state index contributed by atoms with van der Waals surface area (Å²) in [5, 5.41) is 0. The van der Waals surface area contributed by atoms with Crippen molar-refractivity contribution in [1.29, 1.82) is 0 Å². The topological polar surface area (TPSA) is 59.5 Å². The third kappa shape index (κ3) is 4.95. The van der Waals surface area contributed by atoms with Gasteiger partial charge in [0.15, 0.2) is 0 Å². The van der Waals surface area contributed by atoms with Gasteiger partial charge in [-0.25, -0.2) is 0 Å². The number of ether oxygens (including phenoxy) is 1. The molecule has 98 valence electrons. The number of likely N-dealkylation sites (N-methyl/N-ethyl adjacent to an activating group) is 1. The van der Waals surface area contributed by atoms with Crippen LogP contribution < -0.4 is 0 Å². The third-order valence-electron chi connectivity index (χ3n) is 2.68. The molecule has 0 unspecified atom stereocenters. The summed E-state index contributed by atoms with van der Waals surface area (Å²) < 4.78 is 4.49. The highest BCUT2D eigenvalue weighted by Gasteiger charge is 2.11. The number of hydrogen-bond acceptors (Lipinski definition) is 4. The quantitative estimate of drug-likeness (QED) is 0.708. The standard InChI is InChI=1S/C13H18N2O3/c1-15(12(16)3-4-13(17)18-2)10-7-11-5-8-14-9-6-11/h5-6,8-9H,3-4,7,10H2,1-2H3. The second-order valence-corrected chi connectivity index (χ2v) is 4.00. The fraction of sp³-hybridized carbons (Fsp3) is 0.462. The first-order valence-corrected chi connectivity index (χ1v) is 5.83. The van der Waals surface area contributed by atoms with Gasteiger partial charge in [-0.3, -0.25) is 14.6 Å². The van der Waals surface area contributed by atoms with Crippen molar-refractivity contribution in [2.24, 2.45) is 0 Å². The van der Waals surface area contributed by atoms with E-state index in [4.69, 9.17) is 0 Å². The van der Waals surface area contributed by atoms with Crippen LogP contribution in [0.4, 0.5) is 0 Å². The van der Waals surface area contributed by atoms with Gasteiger partial charge in [-0.05, 0) is 24.1 Å². The van der Waals surface area contributed by atoms with Gasteiger partial charge in [-0.2, -0.15) is 0 Å². The number of pyridine rings is 1. The summed E-state index contributed by atoms with van der Waals surface area (Å²) in [6.07, 6.45) is 4.57. The smallest absolute Gasteiger partial charge is 0.306 e. The summed E-state index contributed by atoms with van der Waals surface area (Å²) in [4.78, 5) is 28.2.